The molecule has 0 unspecified atom stereocenters. The molecule has 20 heavy (non-hydrogen) atoms. The van der Waals surface area contributed by atoms with E-state index in [1.807, 2.05) is 0 Å². The molecule has 0 aliphatic rings. The summed E-state index contributed by atoms with van der Waals surface area (Å²) < 4.78 is 110. The van der Waals surface area contributed by atoms with Gasteiger partial charge in [-0.1, -0.05) is 5.75 Å². The molecule has 0 radical (unpaired) electrons. The Morgan fingerprint density at radius 3 is 1.15 bits per heavy atom. The molecule has 108 valence electrons. The van der Waals surface area contributed by atoms with Gasteiger partial charge in [-0.05, 0) is 12.1 Å². The van der Waals surface area contributed by atoms with E-state index >= 15 is 0 Å². The summed E-state index contributed by atoms with van der Waals surface area (Å²) in [5.41, 5.74) is -7.20. The molecular formula is C9H2F9NaO. The fraction of sp³-hybridized carbons (Fsp3) is 0.333. The van der Waals surface area contributed by atoms with Crippen LogP contribution in [0.5, 0.6) is 5.75 Å². The maximum absolute atomic E-state index is 12.3. The van der Waals surface area contributed by atoms with Gasteiger partial charge in [0.15, 0.2) is 0 Å². The summed E-state index contributed by atoms with van der Waals surface area (Å²) in [6.45, 7) is 0. The third kappa shape index (κ3) is 4.19. The van der Waals surface area contributed by atoms with Gasteiger partial charge in [-0.3, -0.25) is 0 Å². The smallest absolute Gasteiger partial charge is 0.872 e. The Bertz CT molecular complexity index is 451. The van der Waals surface area contributed by atoms with Crippen molar-refractivity contribution in [3.63, 3.8) is 0 Å². The van der Waals surface area contributed by atoms with Crippen molar-refractivity contribution in [1.82, 2.24) is 0 Å². The molecule has 11 heteroatoms. The minimum atomic E-state index is -5.61. The number of rotatable bonds is 0. The summed E-state index contributed by atoms with van der Waals surface area (Å²) in [6, 6.07) is -1.28. The molecule has 0 aliphatic heterocycles. The Kier molecular flexibility index (Phi) is 5.47. The predicted molar refractivity (Wildman–Crippen MR) is 40.9 cm³/mol. The number of hydrogen-bond acceptors (Lipinski definition) is 1. The first-order chi connectivity index (χ1) is 8.24. The minimum absolute atomic E-state index is 0. The largest absolute Gasteiger partial charge is 1.00 e. The van der Waals surface area contributed by atoms with Crippen LogP contribution in [0.15, 0.2) is 12.1 Å². The normalized spacial score (nSPS) is 13.1. The molecule has 0 saturated heterocycles. The Morgan fingerprint density at radius 1 is 0.650 bits per heavy atom. The average Bonchev–Trinajstić information content (AvgIpc) is 2.11. The van der Waals surface area contributed by atoms with Gasteiger partial charge in [-0.15, -0.1) is 0 Å². The molecule has 1 aromatic rings. The van der Waals surface area contributed by atoms with Crippen molar-refractivity contribution >= 4 is 0 Å². The molecule has 1 rings (SSSR count). The predicted octanol–water partition coefficient (Wildman–Crippen LogP) is 0.821. The molecule has 0 bridgehead atoms. The summed E-state index contributed by atoms with van der Waals surface area (Å²) in [7, 11) is 0. The second-order valence-corrected chi connectivity index (χ2v) is 3.39. The summed E-state index contributed by atoms with van der Waals surface area (Å²) in [4.78, 5) is 0. The first kappa shape index (κ1) is 19.4. The van der Waals surface area contributed by atoms with Crippen LogP contribution in [0, 0.1) is 0 Å². The van der Waals surface area contributed by atoms with E-state index in [-0.39, 0.29) is 29.6 Å². The molecule has 0 spiro atoms. The van der Waals surface area contributed by atoms with E-state index in [0.29, 0.717) is 0 Å². The third-order valence-corrected chi connectivity index (χ3v) is 2.03. The van der Waals surface area contributed by atoms with Gasteiger partial charge in [-0.25, -0.2) is 0 Å². The van der Waals surface area contributed by atoms with E-state index in [4.69, 9.17) is 0 Å². The second-order valence-electron chi connectivity index (χ2n) is 3.39. The van der Waals surface area contributed by atoms with Crippen molar-refractivity contribution in [1.29, 1.82) is 0 Å². The van der Waals surface area contributed by atoms with E-state index in [2.05, 4.69) is 0 Å². The minimum Gasteiger partial charge on any atom is -0.872 e. The Balaban J connectivity index is 0.00000361. The molecule has 0 fully saturated rings. The van der Waals surface area contributed by atoms with Crippen LogP contribution in [0.1, 0.15) is 16.7 Å². The van der Waals surface area contributed by atoms with Gasteiger partial charge >= 0.3 is 48.1 Å². The zero-order chi connectivity index (χ0) is 15.2. The van der Waals surface area contributed by atoms with Crippen LogP contribution in [0.4, 0.5) is 39.5 Å². The van der Waals surface area contributed by atoms with Gasteiger partial charge in [0.1, 0.15) is 0 Å². The number of hydrogen-bond donors (Lipinski definition) is 0. The number of halogens is 9. The first-order valence-electron chi connectivity index (χ1n) is 4.31. The van der Waals surface area contributed by atoms with Gasteiger partial charge in [-0.2, -0.15) is 39.5 Å². The summed E-state index contributed by atoms with van der Waals surface area (Å²) in [5, 5.41) is 10.9. The quantitative estimate of drug-likeness (QED) is 0.513. The van der Waals surface area contributed by atoms with Crippen molar-refractivity contribution in [2.24, 2.45) is 0 Å². The molecule has 0 heterocycles. The molecule has 0 saturated carbocycles. The molecule has 0 aromatic heterocycles. The molecule has 1 nitrogen and oxygen atoms in total. The van der Waals surface area contributed by atoms with Crippen LogP contribution in [-0.2, 0) is 18.5 Å². The second kappa shape index (κ2) is 5.64. The maximum atomic E-state index is 12.3. The number of benzene rings is 1. The van der Waals surface area contributed by atoms with Crippen molar-refractivity contribution in [2.45, 2.75) is 18.5 Å². The third-order valence-electron chi connectivity index (χ3n) is 2.03. The van der Waals surface area contributed by atoms with E-state index in [1.165, 1.54) is 0 Å². The van der Waals surface area contributed by atoms with Gasteiger partial charge in [0.05, 0.1) is 5.56 Å². The Morgan fingerprint density at radius 2 is 0.950 bits per heavy atom. The average molecular weight is 320 g/mol. The van der Waals surface area contributed by atoms with Crippen LogP contribution in [-0.4, -0.2) is 0 Å². The van der Waals surface area contributed by atoms with E-state index in [9.17, 15) is 44.6 Å². The van der Waals surface area contributed by atoms with Crippen molar-refractivity contribution in [3.8, 4) is 5.75 Å². The van der Waals surface area contributed by atoms with E-state index in [1.54, 1.807) is 0 Å². The molecule has 0 atom stereocenters. The Labute approximate surface area is 127 Å². The topological polar surface area (TPSA) is 23.1 Å². The van der Waals surface area contributed by atoms with Gasteiger partial charge in [0.25, 0.3) is 0 Å². The van der Waals surface area contributed by atoms with Crippen LogP contribution >= 0.6 is 0 Å². The monoisotopic (exact) mass is 320 g/mol. The fourth-order valence-corrected chi connectivity index (χ4v) is 1.21. The number of alkyl halides is 9. The zero-order valence-corrected chi connectivity index (χ0v) is 11.5. The summed E-state index contributed by atoms with van der Waals surface area (Å²) >= 11 is 0. The zero-order valence-electron chi connectivity index (χ0n) is 9.46. The van der Waals surface area contributed by atoms with E-state index in [0.717, 1.165) is 0 Å². The fourth-order valence-electron chi connectivity index (χ4n) is 1.21. The summed E-state index contributed by atoms with van der Waals surface area (Å²) in [6.07, 6.45) is -16.7. The van der Waals surface area contributed by atoms with Crippen molar-refractivity contribution in [3.05, 3.63) is 28.8 Å². The van der Waals surface area contributed by atoms with Crippen molar-refractivity contribution in [2.75, 3.05) is 0 Å². The molecule has 0 amide bonds. The standard InChI is InChI=1S/C9H3F9O.Na/c10-7(11,12)3-1-4(8(13,14)15)6(19)5(2-3)9(16,17)18;/h1-2,19H;/q;+1/p-1. The van der Waals surface area contributed by atoms with E-state index < -0.39 is 53.1 Å². The maximum Gasteiger partial charge on any atom is 1.00 e. The molecular weight excluding hydrogens is 318 g/mol. The SMILES string of the molecule is [Na+].[O-]c1c(C(F)(F)F)cc(C(F)(F)F)cc1C(F)(F)F. The molecule has 0 aliphatic carbocycles. The van der Waals surface area contributed by atoms with Crippen LogP contribution in [0.3, 0.4) is 0 Å². The Hall–Kier alpha value is -0.610. The van der Waals surface area contributed by atoms with Gasteiger partial charge in [0, 0.05) is 11.1 Å². The van der Waals surface area contributed by atoms with Gasteiger partial charge in [0.2, 0.25) is 0 Å². The summed E-state index contributed by atoms with van der Waals surface area (Å²) in [5.74, 6) is -2.53. The molecule has 0 N–H and O–H groups in total. The van der Waals surface area contributed by atoms with Gasteiger partial charge < -0.3 is 5.11 Å². The van der Waals surface area contributed by atoms with Crippen LogP contribution < -0.4 is 34.7 Å². The van der Waals surface area contributed by atoms with Crippen LogP contribution in [0.2, 0.25) is 0 Å². The first-order valence-corrected chi connectivity index (χ1v) is 4.31. The van der Waals surface area contributed by atoms with Crippen molar-refractivity contribution < 1.29 is 74.2 Å². The van der Waals surface area contributed by atoms with Crippen LogP contribution in [0.25, 0.3) is 0 Å². The molecule has 1 aromatic carbocycles.